The molecule has 0 aliphatic carbocycles. The Morgan fingerprint density at radius 3 is 2.33 bits per heavy atom. The van der Waals surface area contributed by atoms with Crippen LogP contribution in [0.4, 0.5) is 31.5 Å². The van der Waals surface area contributed by atoms with E-state index in [2.05, 4.69) is 21.2 Å². The van der Waals surface area contributed by atoms with Crippen molar-refractivity contribution in [3.05, 3.63) is 46.4 Å². The van der Waals surface area contributed by atoms with Gasteiger partial charge in [0.05, 0.1) is 21.5 Å². The summed E-state index contributed by atoms with van der Waals surface area (Å²) in [5, 5.41) is 2.80. The van der Waals surface area contributed by atoms with Crippen molar-refractivity contribution in [2.45, 2.75) is 0 Å². The van der Waals surface area contributed by atoms with Crippen LogP contribution >= 0.6 is 15.9 Å². The van der Waals surface area contributed by atoms with E-state index in [1.807, 2.05) is 0 Å². The number of anilines is 4. The van der Waals surface area contributed by atoms with Gasteiger partial charge in [0.1, 0.15) is 11.6 Å². The minimum absolute atomic E-state index is 0.146. The number of nitrogens with one attached hydrogen (secondary N) is 1. The van der Waals surface area contributed by atoms with Crippen LogP contribution in [-0.2, 0) is 0 Å². The van der Waals surface area contributed by atoms with Crippen LogP contribution in [0.3, 0.4) is 0 Å². The highest BCUT2D eigenvalue weighted by Crippen LogP contribution is 2.28. The molecule has 0 fully saturated rings. The lowest BCUT2D eigenvalue weighted by Crippen LogP contribution is -1.98. The number of nitrogen functional groups attached to an aromatic ring is 2. The third-order valence-electron chi connectivity index (χ3n) is 2.38. The summed E-state index contributed by atoms with van der Waals surface area (Å²) in [5.74, 6) is -1.35. The summed E-state index contributed by atoms with van der Waals surface area (Å²) in [4.78, 5) is 0. The van der Waals surface area contributed by atoms with Gasteiger partial charge in [0.25, 0.3) is 0 Å². The normalized spacial score (nSPS) is 10.4. The fraction of sp³-hybridized carbons (Fsp3) is 0. The minimum Gasteiger partial charge on any atom is -0.397 e. The summed E-state index contributed by atoms with van der Waals surface area (Å²) >= 11 is 2.99. The second-order valence-corrected chi connectivity index (χ2v) is 4.57. The predicted octanol–water partition coefficient (Wildman–Crippen LogP) is 3.64. The number of halogens is 3. The Kier molecular flexibility index (Phi) is 3.38. The van der Waals surface area contributed by atoms with Crippen LogP contribution in [0.25, 0.3) is 0 Å². The minimum atomic E-state index is -0.689. The molecular formula is C12H10BrF2N3. The zero-order valence-corrected chi connectivity index (χ0v) is 10.8. The molecule has 0 saturated carbocycles. The van der Waals surface area contributed by atoms with Gasteiger partial charge in [-0.1, -0.05) is 0 Å². The Bertz CT molecular complexity index is 602. The van der Waals surface area contributed by atoms with E-state index in [9.17, 15) is 8.78 Å². The second kappa shape index (κ2) is 4.81. The molecule has 0 spiro atoms. The standard InChI is InChI=1S/C12H10BrF2N3/c13-7-4-12(9(15)5-8(7)14)18-6-1-2-10(16)11(17)3-6/h1-5,18H,16-17H2. The topological polar surface area (TPSA) is 64.1 Å². The van der Waals surface area contributed by atoms with Gasteiger partial charge in [-0.05, 0) is 40.2 Å². The number of hydrogen-bond donors (Lipinski definition) is 3. The van der Waals surface area contributed by atoms with Crippen molar-refractivity contribution >= 4 is 38.7 Å². The quantitative estimate of drug-likeness (QED) is 0.586. The molecule has 0 atom stereocenters. The Morgan fingerprint density at radius 2 is 1.67 bits per heavy atom. The lowest BCUT2D eigenvalue weighted by atomic mass is 10.2. The van der Waals surface area contributed by atoms with E-state index < -0.39 is 11.6 Å². The fourth-order valence-electron chi connectivity index (χ4n) is 1.43. The van der Waals surface area contributed by atoms with Crippen LogP contribution in [0, 0.1) is 11.6 Å². The molecule has 0 bridgehead atoms. The first-order valence-electron chi connectivity index (χ1n) is 5.04. The van der Waals surface area contributed by atoms with Crippen molar-refractivity contribution < 1.29 is 8.78 Å². The van der Waals surface area contributed by atoms with Crippen molar-refractivity contribution in [3.63, 3.8) is 0 Å². The van der Waals surface area contributed by atoms with Crippen LogP contribution in [0.15, 0.2) is 34.8 Å². The second-order valence-electron chi connectivity index (χ2n) is 3.71. The Labute approximate surface area is 111 Å². The summed E-state index contributed by atoms with van der Waals surface area (Å²) in [7, 11) is 0. The molecule has 94 valence electrons. The van der Waals surface area contributed by atoms with Crippen molar-refractivity contribution in [1.29, 1.82) is 0 Å². The van der Waals surface area contributed by atoms with Gasteiger partial charge in [-0.3, -0.25) is 0 Å². The SMILES string of the molecule is Nc1ccc(Nc2cc(Br)c(F)cc2F)cc1N. The first-order valence-corrected chi connectivity index (χ1v) is 5.83. The highest BCUT2D eigenvalue weighted by molar-refractivity contribution is 9.10. The van der Waals surface area contributed by atoms with E-state index in [0.717, 1.165) is 6.07 Å². The summed E-state index contributed by atoms with van der Waals surface area (Å²) in [6, 6.07) is 6.95. The molecule has 0 radical (unpaired) electrons. The summed E-state index contributed by atoms with van der Waals surface area (Å²) in [6.07, 6.45) is 0. The third kappa shape index (κ3) is 2.53. The van der Waals surface area contributed by atoms with Crippen LogP contribution in [0.5, 0.6) is 0 Å². The molecule has 0 saturated heterocycles. The zero-order chi connectivity index (χ0) is 13.3. The first-order chi connectivity index (χ1) is 8.47. The average Bonchev–Trinajstić information content (AvgIpc) is 2.31. The maximum absolute atomic E-state index is 13.5. The van der Waals surface area contributed by atoms with Gasteiger partial charge in [-0.15, -0.1) is 0 Å². The van der Waals surface area contributed by atoms with Crippen molar-refractivity contribution in [2.24, 2.45) is 0 Å². The number of benzene rings is 2. The molecule has 5 N–H and O–H groups in total. The van der Waals surface area contributed by atoms with Gasteiger partial charge < -0.3 is 16.8 Å². The lowest BCUT2D eigenvalue weighted by molar-refractivity contribution is 0.581. The van der Waals surface area contributed by atoms with Gasteiger partial charge in [0, 0.05) is 11.8 Å². The molecule has 6 heteroatoms. The summed E-state index contributed by atoms with van der Waals surface area (Å²) in [6.45, 7) is 0. The maximum Gasteiger partial charge on any atom is 0.149 e. The first kappa shape index (κ1) is 12.6. The van der Waals surface area contributed by atoms with Crippen LogP contribution < -0.4 is 16.8 Å². The highest BCUT2D eigenvalue weighted by atomic mass is 79.9. The van der Waals surface area contributed by atoms with E-state index >= 15 is 0 Å². The van der Waals surface area contributed by atoms with Crippen molar-refractivity contribution in [1.82, 2.24) is 0 Å². The van der Waals surface area contributed by atoms with E-state index in [-0.39, 0.29) is 10.2 Å². The zero-order valence-electron chi connectivity index (χ0n) is 9.18. The van der Waals surface area contributed by atoms with Gasteiger partial charge in [0.15, 0.2) is 0 Å². The summed E-state index contributed by atoms with van der Waals surface area (Å²) < 4.78 is 26.8. The molecule has 18 heavy (non-hydrogen) atoms. The number of nitrogens with two attached hydrogens (primary N) is 2. The number of rotatable bonds is 2. The average molecular weight is 314 g/mol. The molecule has 0 amide bonds. The van der Waals surface area contributed by atoms with Crippen LogP contribution in [0.2, 0.25) is 0 Å². The third-order valence-corrected chi connectivity index (χ3v) is 2.98. The molecule has 0 aliphatic rings. The molecule has 0 aromatic heterocycles. The molecular weight excluding hydrogens is 304 g/mol. The van der Waals surface area contributed by atoms with E-state index in [1.54, 1.807) is 18.2 Å². The van der Waals surface area contributed by atoms with Gasteiger partial charge in [0.2, 0.25) is 0 Å². The molecule has 2 aromatic rings. The predicted molar refractivity (Wildman–Crippen MR) is 72.6 cm³/mol. The van der Waals surface area contributed by atoms with Gasteiger partial charge in [-0.25, -0.2) is 8.78 Å². The largest absolute Gasteiger partial charge is 0.397 e. The van der Waals surface area contributed by atoms with Crippen LogP contribution in [0.1, 0.15) is 0 Å². The lowest BCUT2D eigenvalue weighted by Gasteiger charge is -2.10. The Hall–Kier alpha value is -1.82. The van der Waals surface area contributed by atoms with E-state index in [1.165, 1.54) is 6.07 Å². The Balaban J connectivity index is 2.34. The summed E-state index contributed by atoms with van der Waals surface area (Å²) in [5.41, 5.74) is 12.8. The monoisotopic (exact) mass is 313 g/mol. The molecule has 3 nitrogen and oxygen atoms in total. The Morgan fingerprint density at radius 1 is 0.944 bits per heavy atom. The molecule has 0 heterocycles. The van der Waals surface area contributed by atoms with Crippen molar-refractivity contribution in [3.8, 4) is 0 Å². The van der Waals surface area contributed by atoms with Crippen molar-refractivity contribution in [2.75, 3.05) is 16.8 Å². The van der Waals surface area contributed by atoms with E-state index in [4.69, 9.17) is 11.5 Å². The highest BCUT2D eigenvalue weighted by Gasteiger charge is 2.08. The van der Waals surface area contributed by atoms with E-state index in [0.29, 0.717) is 17.1 Å². The van der Waals surface area contributed by atoms with Crippen LogP contribution in [-0.4, -0.2) is 0 Å². The molecule has 0 unspecified atom stereocenters. The molecule has 2 rings (SSSR count). The maximum atomic E-state index is 13.5. The smallest absolute Gasteiger partial charge is 0.149 e. The fourth-order valence-corrected chi connectivity index (χ4v) is 1.77. The molecule has 0 aliphatic heterocycles. The molecule has 2 aromatic carbocycles. The van der Waals surface area contributed by atoms with Gasteiger partial charge >= 0.3 is 0 Å². The van der Waals surface area contributed by atoms with Gasteiger partial charge in [-0.2, -0.15) is 0 Å². The number of hydrogen-bond acceptors (Lipinski definition) is 3.